The number of alkyl halides is 1. The zero-order valence-electron chi connectivity index (χ0n) is 7.70. The highest BCUT2D eigenvalue weighted by Crippen LogP contribution is 2.10. The quantitative estimate of drug-likeness (QED) is 0.738. The van der Waals surface area contributed by atoms with Gasteiger partial charge < -0.3 is 0 Å². The van der Waals surface area contributed by atoms with Gasteiger partial charge in [-0.05, 0) is 6.92 Å². The normalized spacial score (nSPS) is 14.1. The Bertz CT molecular complexity index is 362. The van der Waals surface area contributed by atoms with Gasteiger partial charge in [-0.2, -0.15) is 5.10 Å². The van der Waals surface area contributed by atoms with Crippen LogP contribution in [-0.4, -0.2) is 30.2 Å². The number of halogens is 1. The number of hydrogen-bond donors (Lipinski definition) is 2. The molecule has 0 saturated carbocycles. The van der Waals surface area contributed by atoms with Crippen LogP contribution in [0.1, 0.15) is 18.5 Å². The van der Waals surface area contributed by atoms with E-state index in [0.29, 0.717) is 0 Å². The first-order valence-corrected chi connectivity index (χ1v) is 6.28. The van der Waals surface area contributed by atoms with Gasteiger partial charge in [0.25, 0.3) is 0 Å². The smallest absolute Gasteiger partial charge is 0.213 e. The molecule has 0 aliphatic heterocycles. The summed E-state index contributed by atoms with van der Waals surface area (Å²) in [5.41, 5.74) is 0.795. The molecule has 0 spiro atoms. The fourth-order valence-corrected chi connectivity index (χ4v) is 2.60. The topological polar surface area (TPSA) is 74.8 Å². The van der Waals surface area contributed by atoms with Crippen molar-refractivity contribution >= 4 is 21.6 Å². The number of rotatable bonds is 5. The Hall–Kier alpha value is -0.590. The van der Waals surface area contributed by atoms with Gasteiger partial charge in [0.2, 0.25) is 10.0 Å². The molecule has 5 nitrogen and oxygen atoms in total. The van der Waals surface area contributed by atoms with E-state index < -0.39 is 10.0 Å². The highest BCUT2D eigenvalue weighted by Gasteiger charge is 2.15. The SMILES string of the molecule is CC(NS(=O)(=O)CCCl)c1cn[nH]c1. The van der Waals surface area contributed by atoms with Crippen molar-refractivity contribution in [3.8, 4) is 0 Å². The number of nitrogens with one attached hydrogen (secondary N) is 2. The van der Waals surface area contributed by atoms with Gasteiger partial charge in [-0.3, -0.25) is 5.10 Å². The van der Waals surface area contributed by atoms with Gasteiger partial charge in [-0.1, -0.05) is 0 Å². The number of H-pyrrole nitrogens is 1. The Morgan fingerprint density at radius 3 is 2.93 bits per heavy atom. The highest BCUT2D eigenvalue weighted by molar-refractivity contribution is 7.89. The van der Waals surface area contributed by atoms with Crippen LogP contribution in [0.4, 0.5) is 0 Å². The molecule has 1 aromatic rings. The first-order chi connectivity index (χ1) is 6.55. The summed E-state index contributed by atoms with van der Waals surface area (Å²) in [7, 11) is -3.28. The van der Waals surface area contributed by atoms with Gasteiger partial charge in [0.15, 0.2) is 0 Å². The van der Waals surface area contributed by atoms with Crippen LogP contribution in [0, 0.1) is 0 Å². The van der Waals surface area contributed by atoms with Crippen molar-refractivity contribution in [2.45, 2.75) is 13.0 Å². The second kappa shape index (κ2) is 4.77. The van der Waals surface area contributed by atoms with Crippen LogP contribution in [0.15, 0.2) is 12.4 Å². The summed E-state index contributed by atoms with van der Waals surface area (Å²) in [4.78, 5) is 0. The van der Waals surface area contributed by atoms with Crippen LogP contribution in [0.3, 0.4) is 0 Å². The minimum absolute atomic E-state index is 0.0727. The lowest BCUT2D eigenvalue weighted by Crippen LogP contribution is -2.29. The van der Waals surface area contributed by atoms with E-state index in [1.54, 1.807) is 19.3 Å². The summed E-state index contributed by atoms with van der Waals surface area (Å²) in [6.45, 7) is 1.75. The van der Waals surface area contributed by atoms with Crippen LogP contribution >= 0.6 is 11.6 Å². The molecular weight excluding hydrogens is 226 g/mol. The summed E-state index contributed by atoms with van der Waals surface area (Å²) in [6, 6.07) is -0.290. The third kappa shape index (κ3) is 3.28. The van der Waals surface area contributed by atoms with E-state index in [9.17, 15) is 8.42 Å². The van der Waals surface area contributed by atoms with E-state index in [-0.39, 0.29) is 17.7 Å². The maximum absolute atomic E-state index is 11.3. The molecule has 14 heavy (non-hydrogen) atoms. The zero-order valence-corrected chi connectivity index (χ0v) is 9.27. The number of hydrogen-bond acceptors (Lipinski definition) is 3. The molecule has 1 rings (SSSR count). The van der Waals surface area contributed by atoms with Gasteiger partial charge >= 0.3 is 0 Å². The fourth-order valence-electron chi connectivity index (χ4n) is 0.996. The number of sulfonamides is 1. The van der Waals surface area contributed by atoms with E-state index in [2.05, 4.69) is 14.9 Å². The highest BCUT2D eigenvalue weighted by atomic mass is 35.5. The summed E-state index contributed by atoms with van der Waals surface area (Å²) in [6.07, 6.45) is 3.22. The maximum Gasteiger partial charge on any atom is 0.213 e. The van der Waals surface area contributed by atoms with E-state index in [1.807, 2.05) is 0 Å². The van der Waals surface area contributed by atoms with E-state index in [0.717, 1.165) is 5.56 Å². The van der Waals surface area contributed by atoms with Gasteiger partial charge in [0, 0.05) is 23.7 Å². The Morgan fingerprint density at radius 2 is 2.43 bits per heavy atom. The predicted molar refractivity (Wildman–Crippen MR) is 54.6 cm³/mol. The molecular formula is C7H12ClN3O2S. The van der Waals surface area contributed by atoms with Crippen molar-refractivity contribution < 1.29 is 8.42 Å². The minimum Gasteiger partial charge on any atom is -0.285 e. The second-order valence-electron chi connectivity index (χ2n) is 2.88. The monoisotopic (exact) mass is 237 g/mol. The molecule has 0 radical (unpaired) electrons. The van der Waals surface area contributed by atoms with Crippen molar-refractivity contribution in [3.63, 3.8) is 0 Å². The molecule has 0 fully saturated rings. The van der Waals surface area contributed by atoms with E-state index in [1.165, 1.54) is 0 Å². The Labute approximate surface area is 87.9 Å². The summed E-state index contributed by atoms with van der Waals surface area (Å²) < 4.78 is 25.1. The molecule has 7 heteroatoms. The average Bonchev–Trinajstić information content (AvgIpc) is 2.53. The number of nitrogens with zero attached hydrogens (tertiary/aromatic N) is 1. The summed E-state index contributed by atoms with van der Waals surface area (Å²) in [5, 5.41) is 6.35. The van der Waals surface area contributed by atoms with Crippen LogP contribution in [-0.2, 0) is 10.0 Å². The van der Waals surface area contributed by atoms with Crippen molar-refractivity contribution in [1.29, 1.82) is 0 Å². The summed E-state index contributed by atoms with van der Waals surface area (Å²) in [5.74, 6) is 0.0180. The molecule has 0 aliphatic carbocycles. The Kier molecular flexibility index (Phi) is 3.91. The predicted octanol–water partition coefficient (Wildman–Crippen LogP) is 0.629. The lowest BCUT2D eigenvalue weighted by Gasteiger charge is -2.11. The third-order valence-electron chi connectivity index (χ3n) is 1.72. The standard InChI is InChI=1S/C7H12ClN3O2S/c1-6(7-4-9-10-5-7)11-14(12,13)3-2-8/h4-6,11H,2-3H2,1H3,(H,9,10). The number of aromatic nitrogens is 2. The van der Waals surface area contributed by atoms with Gasteiger partial charge in [0.1, 0.15) is 0 Å². The van der Waals surface area contributed by atoms with Gasteiger partial charge in [-0.25, -0.2) is 13.1 Å². The second-order valence-corrected chi connectivity index (χ2v) is 5.13. The van der Waals surface area contributed by atoms with Crippen LogP contribution in [0.25, 0.3) is 0 Å². The fraction of sp³-hybridized carbons (Fsp3) is 0.571. The van der Waals surface area contributed by atoms with E-state index in [4.69, 9.17) is 11.6 Å². The van der Waals surface area contributed by atoms with Crippen LogP contribution in [0.5, 0.6) is 0 Å². The average molecular weight is 238 g/mol. The molecule has 1 aromatic heterocycles. The first-order valence-electron chi connectivity index (χ1n) is 4.10. The number of aromatic amines is 1. The molecule has 0 amide bonds. The van der Waals surface area contributed by atoms with Crippen molar-refractivity contribution in [3.05, 3.63) is 18.0 Å². The van der Waals surface area contributed by atoms with Crippen LogP contribution in [0.2, 0.25) is 0 Å². The Balaban J connectivity index is 2.61. The minimum atomic E-state index is -3.28. The molecule has 0 bridgehead atoms. The molecule has 0 aromatic carbocycles. The zero-order chi connectivity index (χ0) is 10.6. The first kappa shape index (κ1) is 11.5. The molecule has 1 unspecified atom stereocenters. The molecule has 1 heterocycles. The van der Waals surface area contributed by atoms with Crippen LogP contribution < -0.4 is 4.72 Å². The lowest BCUT2D eigenvalue weighted by atomic mass is 10.2. The molecule has 2 N–H and O–H groups in total. The van der Waals surface area contributed by atoms with Gasteiger partial charge in [0.05, 0.1) is 11.9 Å². The lowest BCUT2D eigenvalue weighted by molar-refractivity contribution is 0.568. The third-order valence-corrected chi connectivity index (χ3v) is 3.59. The molecule has 1 atom stereocenters. The molecule has 80 valence electrons. The van der Waals surface area contributed by atoms with Gasteiger partial charge in [-0.15, -0.1) is 11.6 Å². The largest absolute Gasteiger partial charge is 0.285 e. The van der Waals surface area contributed by atoms with Crippen molar-refractivity contribution in [2.75, 3.05) is 11.6 Å². The summed E-state index contributed by atoms with van der Waals surface area (Å²) >= 11 is 5.36. The van der Waals surface area contributed by atoms with Crippen molar-refractivity contribution in [1.82, 2.24) is 14.9 Å². The maximum atomic E-state index is 11.3. The van der Waals surface area contributed by atoms with Crippen molar-refractivity contribution in [2.24, 2.45) is 0 Å². The Morgan fingerprint density at radius 1 is 1.71 bits per heavy atom. The van der Waals surface area contributed by atoms with E-state index >= 15 is 0 Å². The molecule has 0 saturated heterocycles. The molecule has 0 aliphatic rings.